The molecular weight excluding hydrogens is 444 g/mol. The van der Waals surface area contributed by atoms with Crippen LogP contribution in [0.5, 0.6) is 0 Å². The van der Waals surface area contributed by atoms with Crippen molar-refractivity contribution in [1.82, 2.24) is 10.2 Å². The Morgan fingerprint density at radius 1 is 1.03 bits per heavy atom. The third-order valence-corrected chi connectivity index (χ3v) is 12.3. The molecule has 0 aromatic rings. The van der Waals surface area contributed by atoms with Gasteiger partial charge in [-0.3, -0.25) is 4.79 Å². The van der Waals surface area contributed by atoms with Crippen LogP contribution in [0.15, 0.2) is 0 Å². The van der Waals surface area contributed by atoms with E-state index in [2.05, 4.69) is 37.9 Å². The fraction of sp³-hybridized carbons (Fsp3) is 0.969. The molecule has 36 heavy (non-hydrogen) atoms. The molecule has 0 radical (unpaired) electrons. The zero-order valence-corrected chi connectivity index (χ0v) is 24.5. The van der Waals surface area contributed by atoms with Crippen molar-refractivity contribution < 1.29 is 9.53 Å². The van der Waals surface area contributed by atoms with Crippen LogP contribution in [0.25, 0.3) is 0 Å². The van der Waals surface area contributed by atoms with Gasteiger partial charge in [-0.15, -0.1) is 0 Å². The molecule has 4 aliphatic rings. The Kier molecular flexibility index (Phi) is 9.86. The molecule has 1 heterocycles. The number of ether oxygens (including phenoxy) is 1. The summed E-state index contributed by atoms with van der Waals surface area (Å²) in [5.41, 5.74) is 0.988. The molecule has 4 rings (SSSR count). The Morgan fingerprint density at radius 2 is 1.81 bits per heavy atom. The van der Waals surface area contributed by atoms with Crippen molar-refractivity contribution >= 4 is 5.97 Å². The van der Waals surface area contributed by atoms with E-state index in [9.17, 15) is 4.79 Å². The highest BCUT2D eigenvalue weighted by Gasteiger charge is 2.59. The topological polar surface area (TPSA) is 41.6 Å². The zero-order valence-electron chi connectivity index (χ0n) is 24.5. The summed E-state index contributed by atoms with van der Waals surface area (Å²) >= 11 is 0. The molecule has 4 heteroatoms. The molecular formula is C32H58N2O2. The minimum atomic E-state index is -0.0386. The van der Waals surface area contributed by atoms with Crippen LogP contribution in [-0.4, -0.2) is 50.7 Å². The van der Waals surface area contributed by atoms with Gasteiger partial charge in [-0.2, -0.15) is 0 Å². The monoisotopic (exact) mass is 502 g/mol. The van der Waals surface area contributed by atoms with Crippen molar-refractivity contribution in [2.24, 2.45) is 46.3 Å². The van der Waals surface area contributed by atoms with E-state index in [-0.39, 0.29) is 5.97 Å². The van der Waals surface area contributed by atoms with Gasteiger partial charge in [0, 0.05) is 19.5 Å². The van der Waals surface area contributed by atoms with E-state index in [1.54, 1.807) is 0 Å². The summed E-state index contributed by atoms with van der Waals surface area (Å²) in [6, 6.07) is 0. The molecule has 0 bridgehead atoms. The number of hydrogen-bond acceptors (Lipinski definition) is 4. The predicted molar refractivity (Wildman–Crippen MR) is 150 cm³/mol. The first kappa shape index (κ1) is 28.4. The molecule has 0 aromatic heterocycles. The van der Waals surface area contributed by atoms with Crippen LogP contribution in [0.1, 0.15) is 111 Å². The molecule has 0 amide bonds. The Balaban J connectivity index is 1.31. The molecule has 0 spiro atoms. The van der Waals surface area contributed by atoms with Gasteiger partial charge in [0.25, 0.3) is 0 Å². The number of hydrogen-bond donors (Lipinski definition) is 1. The van der Waals surface area contributed by atoms with Crippen LogP contribution in [-0.2, 0) is 9.53 Å². The standard InChI is InChI=1S/C32H58N2O2/c1-6-31(3)25(17-19-33-20-23-34-21-8-7-9-22-34)11-12-26-28-14-13-27(24(2)10-15-30(35)36-5)32(28,4)18-16-29(26)31/h24-29,33H,6-23H2,1-5H3. The zero-order chi connectivity index (χ0) is 25.8. The summed E-state index contributed by atoms with van der Waals surface area (Å²) in [5.74, 6) is 4.99. The number of methoxy groups -OCH3 is 1. The van der Waals surface area contributed by atoms with E-state index < -0.39 is 0 Å². The average Bonchev–Trinajstić information content (AvgIpc) is 3.26. The first-order valence-electron chi connectivity index (χ1n) is 15.8. The Morgan fingerprint density at radius 3 is 2.53 bits per heavy atom. The molecule has 0 aromatic carbocycles. The van der Waals surface area contributed by atoms with Crippen molar-refractivity contribution in [3.8, 4) is 0 Å². The van der Waals surface area contributed by atoms with E-state index in [0.717, 1.165) is 42.6 Å². The summed E-state index contributed by atoms with van der Waals surface area (Å²) in [4.78, 5) is 14.4. The lowest BCUT2D eigenvalue weighted by atomic mass is 9.46. The molecule has 1 aliphatic heterocycles. The van der Waals surface area contributed by atoms with Crippen molar-refractivity contribution in [2.45, 2.75) is 111 Å². The Hall–Kier alpha value is -0.610. The van der Waals surface area contributed by atoms with E-state index in [1.165, 1.54) is 104 Å². The highest BCUT2D eigenvalue weighted by molar-refractivity contribution is 5.69. The Bertz CT molecular complexity index is 706. The highest BCUT2D eigenvalue weighted by Crippen LogP contribution is 2.67. The van der Waals surface area contributed by atoms with Crippen molar-refractivity contribution in [3.63, 3.8) is 0 Å². The molecule has 3 aliphatic carbocycles. The molecule has 8 atom stereocenters. The van der Waals surface area contributed by atoms with Crippen LogP contribution in [0.2, 0.25) is 0 Å². The fourth-order valence-electron chi connectivity index (χ4n) is 10.0. The van der Waals surface area contributed by atoms with Gasteiger partial charge in [0.05, 0.1) is 7.11 Å². The summed E-state index contributed by atoms with van der Waals surface area (Å²) in [7, 11) is 1.52. The van der Waals surface area contributed by atoms with Crippen LogP contribution in [0.4, 0.5) is 0 Å². The van der Waals surface area contributed by atoms with Crippen molar-refractivity contribution in [1.29, 1.82) is 0 Å². The first-order chi connectivity index (χ1) is 17.3. The molecule has 1 saturated heterocycles. The molecule has 3 saturated carbocycles. The number of carbonyl (C=O) groups excluding carboxylic acids is 1. The van der Waals surface area contributed by atoms with Gasteiger partial charge < -0.3 is 15.0 Å². The first-order valence-corrected chi connectivity index (χ1v) is 15.8. The lowest BCUT2D eigenvalue weighted by Gasteiger charge is -2.59. The van der Waals surface area contributed by atoms with Crippen molar-refractivity contribution in [2.75, 3.05) is 39.8 Å². The highest BCUT2D eigenvalue weighted by atomic mass is 16.5. The molecule has 208 valence electrons. The molecule has 4 nitrogen and oxygen atoms in total. The van der Waals surface area contributed by atoms with Gasteiger partial charge in [-0.05, 0) is 130 Å². The summed E-state index contributed by atoms with van der Waals surface area (Å²) < 4.78 is 4.93. The van der Waals surface area contributed by atoms with E-state index in [1.807, 2.05) is 0 Å². The lowest BCUT2D eigenvalue weighted by molar-refractivity contribution is -0.141. The minimum Gasteiger partial charge on any atom is -0.469 e. The minimum absolute atomic E-state index is 0.0386. The van der Waals surface area contributed by atoms with Gasteiger partial charge >= 0.3 is 5.97 Å². The second-order valence-electron chi connectivity index (χ2n) is 13.8. The maximum absolute atomic E-state index is 11.8. The number of esters is 1. The second kappa shape index (κ2) is 12.5. The summed E-state index contributed by atoms with van der Waals surface area (Å²) in [5, 5.41) is 3.82. The summed E-state index contributed by atoms with van der Waals surface area (Å²) in [6.45, 7) is 16.4. The van der Waals surface area contributed by atoms with Crippen LogP contribution in [0, 0.1) is 46.3 Å². The third kappa shape index (κ3) is 5.85. The predicted octanol–water partition coefficient (Wildman–Crippen LogP) is 6.93. The molecule has 1 N–H and O–H groups in total. The second-order valence-corrected chi connectivity index (χ2v) is 13.8. The van der Waals surface area contributed by atoms with Crippen LogP contribution >= 0.6 is 0 Å². The van der Waals surface area contributed by atoms with Gasteiger partial charge in [0.1, 0.15) is 0 Å². The number of carbonyl (C=O) groups is 1. The number of likely N-dealkylation sites (tertiary alicyclic amines) is 1. The average molecular weight is 503 g/mol. The lowest BCUT2D eigenvalue weighted by Crippen LogP contribution is -2.52. The number of fused-ring (bicyclic) bond motifs is 3. The number of rotatable bonds is 11. The number of piperidine rings is 1. The number of nitrogens with one attached hydrogen (secondary N) is 1. The van der Waals surface area contributed by atoms with Crippen molar-refractivity contribution in [3.05, 3.63) is 0 Å². The van der Waals surface area contributed by atoms with E-state index >= 15 is 0 Å². The molecule has 4 fully saturated rings. The maximum atomic E-state index is 11.8. The smallest absolute Gasteiger partial charge is 0.305 e. The SMILES string of the molecule is CCC1(C)C(CCNCCN2CCCCC2)CCC2C1CCC1(C)C(C(C)CCC(=O)OC)CCC21. The fourth-order valence-corrected chi connectivity index (χ4v) is 10.0. The third-order valence-electron chi connectivity index (χ3n) is 12.3. The quantitative estimate of drug-likeness (QED) is 0.246. The van der Waals surface area contributed by atoms with Crippen LogP contribution < -0.4 is 5.32 Å². The largest absolute Gasteiger partial charge is 0.469 e. The summed E-state index contributed by atoms with van der Waals surface area (Å²) in [6.07, 6.45) is 17.0. The van der Waals surface area contributed by atoms with E-state index in [4.69, 9.17) is 4.74 Å². The van der Waals surface area contributed by atoms with Gasteiger partial charge in [0.15, 0.2) is 0 Å². The molecule has 8 unspecified atom stereocenters. The Labute approximate surface area is 223 Å². The van der Waals surface area contributed by atoms with Gasteiger partial charge in [0.2, 0.25) is 0 Å². The van der Waals surface area contributed by atoms with Crippen LogP contribution in [0.3, 0.4) is 0 Å². The number of nitrogens with zero attached hydrogens (tertiary/aromatic N) is 1. The van der Waals surface area contributed by atoms with Gasteiger partial charge in [-0.25, -0.2) is 0 Å². The van der Waals surface area contributed by atoms with E-state index in [0.29, 0.717) is 23.2 Å². The normalized spacial score (nSPS) is 39.9. The van der Waals surface area contributed by atoms with Gasteiger partial charge in [-0.1, -0.05) is 40.5 Å². The maximum Gasteiger partial charge on any atom is 0.305 e.